The van der Waals surface area contributed by atoms with Crippen molar-refractivity contribution in [3.05, 3.63) is 0 Å². The van der Waals surface area contributed by atoms with E-state index >= 15 is 0 Å². The summed E-state index contributed by atoms with van der Waals surface area (Å²) >= 11 is 0. The van der Waals surface area contributed by atoms with Gasteiger partial charge in [0.1, 0.15) is 0 Å². The highest BCUT2D eigenvalue weighted by molar-refractivity contribution is 5.79. The summed E-state index contributed by atoms with van der Waals surface area (Å²) in [4.78, 5) is 12.6. The van der Waals surface area contributed by atoms with Gasteiger partial charge in [-0.1, -0.05) is 48.0 Å². The molecule has 3 heteroatoms. The third kappa shape index (κ3) is 5.98. The molecule has 1 aliphatic carbocycles. The average molecular weight is 296 g/mol. The number of amides is 1. The third-order valence-corrected chi connectivity index (χ3v) is 4.86. The van der Waals surface area contributed by atoms with Gasteiger partial charge in [-0.3, -0.25) is 4.79 Å². The molecule has 1 aliphatic rings. The summed E-state index contributed by atoms with van der Waals surface area (Å²) in [5.74, 6) is 2.05. The van der Waals surface area contributed by atoms with Crippen LogP contribution in [0.2, 0.25) is 0 Å². The minimum atomic E-state index is -0.0601. The van der Waals surface area contributed by atoms with E-state index in [-0.39, 0.29) is 17.2 Å². The van der Waals surface area contributed by atoms with Gasteiger partial charge in [0.05, 0.1) is 5.92 Å². The number of hydrogen-bond acceptors (Lipinski definition) is 2. The van der Waals surface area contributed by atoms with Crippen LogP contribution in [0.5, 0.6) is 0 Å². The Bertz CT molecular complexity index is 333. The van der Waals surface area contributed by atoms with Crippen LogP contribution in [-0.2, 0) is 4.79 Å². The first-order valence-corrected chi connectivity index (χ1v) is 8.64. The van der Waals surface area contributed by atoms with Crippen LogP contribution in [-0.4, -0.2) is 18.5 Å². The molecule has 1 rings (SSSR count). The summed E-state index contributed by atoms with van der Waals surface area (Å²) < 4.78 is 0. The molecule has 0 bridgehead atoms. The van der Waals surface area contributed by atoms with Gasteiger partial charge < -0.3 is 11.1 Å². The van der Waals surface area contributed by atoms with Gasteiger partial charge in [0, 0.05) is 12.6 Å². The van der Waals surface area contributed by atoms with Gasteiger partial charge in [-0.05, 0) is 42.4 Å². The second-order valence-electron chi connectivity index (χ2n) is 8.64. The Kier molecular flexibility index (Phi) is 6.71. The van der Waals surface area contributed by atoms with Crippen LogP contribution in [0.25, 0.3) is 0 Å². The zero-order valence-electron chi connectivity index (χ0n) is 14.9. The zero-order chi connectivity index (χ0) is 16.2. The van der Waals surface area contributed by atoms with Crippen molar-refractivity contribution < 1.29 is 4.79 Å². The Hall–Kier alpha value is -0.570. The van der Waals surface area contributed by atoms with Gasteiger partial charge in [-0.15, -0.1) is 0 Å². The molecule has 0 aromatic carbocycles. The fraction of sp³-hybridized carbons (Fsp3) is 0.944. The summed E-state index contributed by atoms with van der Waals surface area (Å²) in [5, 5.41) is 3.34. The Morgan fingerprint density at radius 3 is 2.38 bits per heavy atom. The molecule has 3 nitrogen and oxygen atoms in total. The lowest BCUT2D eigenvalue weighted by molar-refractivity contribution is -0.127. The van der Waals surface area contributed by atoms with Gasteiger partial charge in [0.15, 0.2) is 0 Å². The van der Waals surface area contributed by atoms with E-state index < -0.39 is 0 Å². The lowest BCUT2D eigenvalue weighted by Gasteiger charge is -2.38. The summed E-state index contributed by atoms with van der Waals surface area (Å²) in [6.45, 7) is 13.8. The fourth-order valence-corrected chi connectivity index (χ4v) is 3.69. The summed E-state index contributed by atoms with van der Waals surface area (Å²) in [6.07, 6.45) is 4.49. The van der Waals surface area contributed by atoms with Crippen LogP contribution in [0.15, 0.2) is 0 Å². The van der Waals surface area contributed by atoms with Crippen LogP contribution in [0.3, 0.4) is 0 Å². The van der Waals surface area contributed by atoms with Crippen LogP contribution < -0.4 is 11.1 Å². The highest BCUT2D eigenvalue weighted by Gasteiger charge is 2.33. The molecule has 1 fully saturated rings. The number of hydrogen-bond donors (Lipinski definition) is 2. The van der Waals surface area contributed by atoms with Gasteiger partial charge in [-0.2, -0.15) is 0 Å². The normalized spacial score (nSPS) is 28.5. The second-order valence-corrected chi connectivity index (χ2v) is 8.64. The van der Waals surface area contributed by atoms with Crippen molar-refractivity contribution >= 4 is 5.91 Å². The Morgan fingerprint density at radius 2 is 1.90 bits per heavy atom. The van der Waals surface area contributed by atoms with Gasteiger partial charge in [-0.25, -0.2) is 0 Å². The molecule has 0 aliphatic heterocycles. The Balaban J connectivity index is 2.68. The number of carbonyl (C=O) groups excluding carboxylic acids is 1. The first-order valence-electron chi connectivity index (χ1n) is 8.64. The molecule has 0 radical (unpaired) electrons. The minimum absolute atomic E-state index is 0.0601. The van der Waals surface area contributed by atoms with Gasteiger partial charge >= 0.3 is 0 Å². The topological polar surface area (TPSA) is 55.1 Å². The third-order valence-electron chi connectivity index (χ3n) is 4.86. The molecule has 4 unspecified atom stereocenters. The molecule has 0 aromatic rings. The van der Waals surface area contributed by atoms with Gasteiger partial charge in [0.25, 0.3) is 0 Å². The number of rotatable bonds is 5. The molecule has 0 saturated heterocycles. The van der Waals surface area contributed by atoms with Crippen molar-refractivity contribution in [3.8, 4) is 0 Å². The number of nitrogens with one attached hydrogen (secondary N) is 1. The maximum Gasteiger partial charge on any atom is 0.224 e. The molecule has 4 atom stereocenters. The molecule has 0 heterocycles. The van der Waals surface area contributed by atoms with E-state index in [1.165, 1.54) is 12.8 Å². The van der Waals surface area contributed by atoms with Crippen molar-refractivity contribution in [3.63, 3.8) is 0 Å². The summed E-state index contributed by atoms with van der Waals surface area (Å²) in [6, 6.07) is 0.329. The summed E-state index contributed by atoms with van der Waals surface area (Å²) in [5.41, 5.74) is 5.98. The van der Waals surface area contributed by atoms with E-state index in [1.54, 1.807) is 0 Å². The molecule has 0 aromatic heterocycles. The zero-order valence-corrected chi connectivity index (χ0v) is 14.9. The monoisotopic (exact) mass is 296 g/mol. The maximum absolute atomic E-state index is 12.6. The minimum Gasteiger partial charge on any atom is -0.353 e. The van der Waals surface area contributed by atoms with Crippen LogP contribution in [0, 0.1) is 29.1 Å². The SMILES string of the molecule is CC1CCC(C(C)C)C(NC(=O)C(CN)CC(C)(C)C)C1. The van der Waals surface area contributed by atoms with Crippen molar-refractivity contribution in [2.24, 2.45) is 34.8 Å². The fourth-order valence-electron chi connectivity index (χ4n) is 3.69. The van der Waals surface area contributed by atoms with E-state index in [2.05, 4.69) is 46.9 Å². The lowest BCUT2D eigenvalue weighted by Crippen LogP contribution is -2.49. The maximum atomic E-state index is 12.6. The van der Waals surface area contributed by atoms with Crippen LogP contribution >= 0.6 is 0 Å². The van der Waals surface area contributed by atoms with Crippen LogP contribution in [0.4, 0.5) is 0 Å². The van der Waals surface area contributed by atoms with Gasteiger partial charge in [0.2, 0.25) is 5.91 Å². The molecular formula is C18H36N2O. The van der Waals surface area contributed by atoms with E-state index in [0.29, 0.717) is 30.3 Å². The Morgan fingerprint density at radius 1 is 1.29 bits per heavy atom. The molecule has 21 heavy (non-hydrogen) atoms. The van der Waals surface area contributed by atoms with Crippen molar-refractivity contribution in [2.45, 2.75) is 73.3 Å². The molecule has 0 spiro atoms. The molecule has 124 valence electrons. The highest BCUT2D eigenvalue weighted by atomic mass is 16.2. The lowest BCUT2D eigenvalue weighted by atomic mass is 9.73. The second kappa shape index (κ2) is 7.62. The largest absolute Gasteiger partial charge is 0.353 e. The first kappa shape index (κ1) is 18.5. The van der Waals surface area contributed by atoms with E-state index in [9.17, 15) is 4.79 Å². The van der Waals surface area contributed by atoms with E-state index in [4.69, 9.17) is 5.73 Å². The van der Waals surface area contributed by atoms with E-state index in [1.807, 2.05) is 0 Å². The average Bonchev–Trinajstić information content (AvgIpc) is 2.34. The van der Waals surface area contributed by atoms with Crippen molar-refractivity contribution in [1.29, 1.82) is 0 Å². The summed E-state index contributed by atoms with van der Waals surface area (Å²) in [7, 11) is 0. The highest BCUT2D eigenvalue weighted by Crippen LogP contribution is 2.34. The molecular weight excluding hydrogens is 260 g/mol. The van der Waals surface area contributed by atoms with Crippen molar-refractivity contribution in [2.75, 3.05) is 6.54 Å². The first-order chi connectivity index (χ1) is 9.64. The van der Waals surface area contributed by atoms with Crippen LogP contribution in [0.1, 0.15) is 67.2 Å². The molecule has 3 N–H and O–H groups in total. The Labute approximate surface area is 131 Å². The van der Waals surface area contributed by atoms with Crippen molar-refractivity contribution in [1.82, 2.24) is 5.32 Å². The van der Waals surface area contributed by atoms with E-state index in [0.717, 1.165) is 12.8 Å². The molecule has 1 saturated carbocycles. The smallest absolute Gasteiger partial charge is 0.224 e. The predicted octanol–water partition coefficient (Wildman–Crippen LogP) is 3.57. The standard InChI is InChI=1S/C18H36N2O/c1-12(2)15-8-7-13(3)9-16(15)20-17(21)14(11-19)10-18(4,5)6/h12-16H,7-11,19H2,1-6H3,(H,20,21). The molecule has 1 amide bonds. The number of carbonyl (C=O) groups is 1. The predicted molar refractivity (Wildman–Crippen MR) is 89.9 cm³/mol. The quantitative estimate of drug-likeness (QED) is 0.815. The number of nitrogens with two attached hydrogens (primary N) is 1.